The fourth-order valence-electron chi connectivity index (χ4n) is 4.40. The summed E-state index contributed by atoms with van der Waals surface area (Å²) in [4.78, 5) is 0. The highest BCUT2D eigenvalue weighted by Gasteiger charge is 2.39. The minimum Gasteiger partial charge on any atom is -0.239 e. The highest BCUT2D eigenvalue weighted by atomic mass is 19.2. The highest BCUT2D eigenvalue weighted by Crippen LogP contribution is 2.51. The summed E-state index contributed by atoms with van der Waals surface area (Å²) in [5.41, 5.74) is 0.554. The summed E-state index contributed by atoms with van der Waals surface area (Å²) in [5, 5.41) is 0. The molecule has 0 spiro atoms. The molecule has 0 aromatic heterocycles. The maximum atomic E-state index is 15.4. The van der Waals surface area contributed by atoms with Gasteiger partial charge in [0.15, 0.2) is 12.3 Å². The molecule has 5 heteroatoms. The Bertz CT molecular complexity index is 1140. The van der Waals surface area contributed by atoms with E-state index in [-0.39, 0.29) is 27.8 Å². The summed E-state index contributed by atoms with van der Waals surface area (Å²) in [6.45, 7) is 3.80. The van der Waals surface area contributed by atoms with Crippen molar-refractivity contribution in [3.8, 4) is 22.3 Å². The number of alkyl halides is 2. The van der Waals surface area contributed by atoms with Crippen LogP contribution in [0.1, 0.15) is 61.3 Å². The molecule has 3 aromatic carbocycles. The van der Waals surface area contributed by atoms with Crippen molar-refractivity contribution in [3.05, 3.63) is 82.2 Å². The number of hydrogen-bond acceptors (Lipinski definition) is 0. The van der Waals surface area contributed by atoms with Crippen LogP contribution in [0.4, 0.5) is 22.0 Å². The Labute approximate surface area is 178 Å². The fraction of sp³-hybridized carbons (Fsp3) is 0.308. The van der Waals surface area contributed by atoms with Gasteiger partial charge in [0.1, 0.15) is 17.5 Å². The number of rotatable bonds is 5. The van der Waals surface area contributed by atoms with E-state index in [0.29, 0.717) is 30.4 Å². The molecule has 0 radical (unpaired) electrons. The lowest BCUT2D eigenvalue weighted by Gasteiger charge is -2.28. The highest BCUT2D eigenvalue weighted by molar-refractivity contribution is 5.79. The standard InChI is InChI=1S/C26H23F5/c1-3-5-14-7-8-16(13-20(14)27)17-11-12-19-18-10-9-15(6-4-2)23(28)21(18)25(30)26(31)22(19)24(17)29/h7-13,25-26H,3-6H2,1-2H3. The molecule has 2 atom stereocenters. The molecule has 1 aliphatic rings. The molecule has 0 aliphatic heterocycles. The molecule has 0 heterocycles. The average Bonchev–Trinajstić information content (AvgIpc) is 2.75. The molecule has 0 bridgehead atoms. The number of hydrogen-bond donors (Lipinski definition) is 0. The van der Waals surface area contributed by atoms with Gasteiger partial charge in [0.25, 0.3) is 0 Å². The van der Waals surface area contributed by atoms with E-state index < -0.39 is 35.4 Å². The van der Waals surface area contributed by atoms with Crippen LogP contribution in [0.5, 0.6) is 0 Å². The number of halogens is 5. The first-order valence-corrected chi connectivity index (χ1v) is 10.6. The maximum absolute atomic E-state index is 15.4. The Kier molecular flexibility index (Phi) is 5.87. The lowest BCUT2D eigenvalue weighted by molar-refractivity contribution is 0.160. The molecule has 162 valence electrons. The minimum absolute atomic E-state index is 0.0120. The Hall–Kier alpha value is -2.69. The lowest BCUT2D eigenvalue weighted by Crippen LogP contribution is -2.16. The third-order valence-corrected chi connectivity index (χ3v) is 5.94. The van der Waals surface area contributed by atoms with E-state index in [1.807, 2.05) is 13.8 Å². The van der Waals surface area contributed by atoms with E-state index in [0.717, 1.165) is 6.42 Å². The first kappa shape index (κ1) is 21.5. The first-order valence-electron chi connectivity index (χ1n) is 10.6. The van der Waals surface area contributed by atoms with E-state index in [4.69, 9.17) is 0 Å². The minimum atomic E-state index is -2.35. The van der Waals surface area contributed by atoms with Gasteiger partial charge in [0.05, 0.1) is 0 Å². The van der Waals surface area contributed by atoms with Crippen LogP contribution in [0.15, 0.2) is 42.5 Å². The van der Waals surface area contributed by atoms with Crippen molar-refractivity contribution in [1.29, 1.82) is 0 Å². The maximum Gasteiger partial charge on any atom is 0.164 e. The summed E-state index contributed by atoms with van der Waals surface area (Å²) < 4.78 is 74.8. The van der Waals surface area contributed by atoms with Gasteiger partial charge in [0, 0.05) is 16.7 Å². The molecule has 2 unspecified atom stereocenters. The summed E-state index contributed by atoms with van der Waals surface area (Å²) >= 11 is 0. The second-order valence-corrected chi connectivity index (χ2v) is 8.00. The van der Waals surface area contributed by atoms with Gasteiger partial charge in [0.2, 0.25) is 0 Å². The van der Waals surface area contributed by atoms with Crippen LogP contribution >= 0.6 is 0 Å². The molecule has 0 fully saturated rings. The van der Waals surface area contributed by atoms with Crippen molar-refractivity contribution in [3.63, 3.8) is 0 Å². The van der Waals surface area contributed by atoms with Gasteiger partial charge in [-0.05, 0) is 46.7 Å². The van der Waals surface area contributed by atoms with Gasteiger partial charge in [-0.3, -0.25) is 0 Å². The first-order chi connectivity index (χ1) is 14.9. The van der Waals surface area contributed by atoms with Crippen LogP contribution in [-0.2, 0) is 12.8 Å². The fourth-order valence-corrected chi connectivity index (χ4v) is 4.40. The summed E-state index contributed by atoms with van der Waals surface area (Å²) in [6.07, 6.45) is -2.28. The zero-order valence-corrected chi connectivity index (χ0v) is 17.4. The van der Waals surface area contributed by atoms with Crippen molar-refractivity contribution in [2.45, 2.75) is 51.9 Å². The molecular weight excluding hydrogens is 407 g/mol. The second kappa shape index (κ2) is 8.45. The summed E-state index contributed by atoms with van der Waals surface area (Å²) in [7, 11) is 0. The largest absolute Gasteiger partial charge is 0.239 e. The summed E-state index contributed by atoms with van der Waals surface area (Å²) in [6, 6.07) is 10.3. The van der Waals surface area contributed by atoms with Crippen LogP contribution in [-0.4, -0.2) is 0 Å². The SMILES string of the molecule is CCCc1ccc(-c2ccc3c(c2F)C(F)C(F)c2c-3ccc(CCC)c2F)cc1F. The molecule has 0 amide bonds. The van der Waals surface area contributed by atoms with Crippen LogP contribution in [0.2, 0.25) is 0 Å². The molecule has 4 rings (SSSR count). The van der Waals surface area contributed by atoms with Gasteiger partial charge in [-0.2, -0.15) is 0 Å². The van der Waals surface area contributed by atoms with Gasteiger partial charge < -0.3 is 0 Å². The zero-order chi connectivity index (χ0) is 22.3. The van der Waals surface area contributed by atoms with E-state index in [2.05, 4.69) is 0 Å². The van der Waals surface area contributed by atoms with Gasteiger partial charge >= 0.3 is 0 Å². The van der Waals surface area contributed by atoms with Crippen LogP contribution in [0.25, 0.3) is 22.3 Å². The molecule has 0 nitrogen and oxygen atoms in total. The van der Waals surface area contributed by atoms with E-state index in [1.54, 1.807) is 18.2 Å². The monoisotopic (exact) mass is 430 g/mol. The summed E-state index contributed by atoms with van der Waals surface area (Å²) in [5.74, 6) is -2.18. The molecule has 0 saturated carbocycles. The Balaban J connectivity index is 1.86. The third-order valence-electron chi connectivity index (χ3n) is 5.94. The van der Waals surface area contributed by atoms with Gasteiger partial charge in [-0.1, -0.05) is 63.1 Å². The van der Waals surface area contributed by atoms with Crippen molar-refractivity contribution in [2.24, 2.45) is 0 Å². The Morgan fingerprint density at radius 3 is 1.77 bits per heavy atom. The lowest BCUT2D eigenvalue weighted by atomic mass is 9.80. The van der Waals surface area contributed by atoms with Crippen molar-refractivity contribution in [1.82, 2.24) is 0 Å². The van der Waals surface area contributed by atoms with Gasteiger partial charge in [-0.25, -0.2) is 22.0 Å². The van der Waals surface area contributed by atoms with E-state index >= 15 is 13.2 Å². The van der Waals surface area contributed by atoms with Crippen molar-refractivity contribution >= 4 is 0 Å². The van der Waals surface area contributed by atoms with Crippen LogP contribution < -0.4 is 0 Å². The quantitative estimate of drug-likeness (QED) is 0.357. The normalized spacial score (nSPS) is 17.4. The molecule has 0 N–H and O–H groups in total. The van der Waals surface area contributed by atoms with Crippen molar-refractivity contribution in [2.75, 3.05) is 0 Å². The van der Waals surface area contributed by atoms with Gasteiger partial charge in [-0.15, -0.1) is 0 Å². The van der Waals surface area contributed by atoms with E-state index in [1.165, 1.54) is 24.3 Å². The molecule has 3 aromatic rings. The van der Waals surface area contributed by atoms with E-state index in [9.17, 15) is 8.78 Å². The second-order valence-electron chi connectivity index (χ2n) is 8.00. The predicted molar refractivity (Wildman–Crippen MR) is 113 cm³/mol. The number of aryl methyl sites for hydroxylation is 2. The smallest absolute Gasteiger partial charge is 0.164 e. The Morgan fingerprint density at radius 1 is 0.645 bits per heavy atom. The molecule has 31 heavy (non-hydrogen) atoms. The molecule has 0 saturated heterocycles. The van der Waals surface area contributed by atoms with Crippen LogP contribution in [0.3, 0.4) is 0 Å². The van der Waals surface area contributed by atoms with Crippen LogP contribution in [0, 0.1) is 17.5 Å². The molecule has 1 aliphatic carbocycles. The molecular formula is C26H23F5. The number of fused-ring (bicyclic) bond motifs is 3. The predicted octanol–water partition coefficient (Wildman–Crippen LogP) is 8.38. The Morgan fingerprint density at radius 2 is 1.16 bits per heavy atom. The number of benzene rings is 3. The average molecular weight is 430 g/mol. The zero-order valence-electron chi connectivity index (χ0n) is 17.4. The van der Waals surface area contributed by atoms with Crippen molar-refractivity contribution < 1.29 is 22.0 Å². The topological polar surface area (TPSA) is 0 Å². The third kappa shape index (κ3) is 3.54.